The fraction of sp³-hybridized carbons (Fsp3) is 0.154. The van der Waals surface area contributed by atoms with Crippen LogP contribution in [0.2, 0.25) is 0 Å². The predicted molar refractivity (Wildman–Crippen MR) is 172 cm³/mol. The van der Waals surface area contributed by atoms with Crippen molar-refractivity contribution in [2.45, 2.75) is 13.8 Å². The highest BCUT2D eigenvalue weighted by Crippen LogP contribution is 2.17. The molecule has 0 aliphatic carbocycles. The zero-order valence-electron chi connectivity index (χ0n) is 21.1. The minimum Gasteiger partial charge on any atom is -0.384 e. The van der Waals surface area contributed by atoms with E-state index in [0.717, 1.165) is 33.6 Å². The van der Waals surface area contributed by atoms with Gasteiger partial charge in [0.2, 0.25) is 0 Å². The van der Waals surface area contributed by atoms with Gasteiger partial charge in [0.25, 0.3) is 0 Å². The van der Waals surface area contributed by atoms with E-state index in [4.69, 9.17) is 22.9 Å². The zero-order valence-corrected chi connectivity index (χ0v) is 24.3. The van der Waals surface area contributed by atoms with Gasteiger partial charge < -0.3 is 22.9 Å². The average Bonchev–Trinajstić information content (AvgIpc) is 2.85. The minimum absolute atomic E-state index is 0. The van der Waals surface area contributed by atoms with Gasteiger partial charge in [0.15, 0.2) is 0 Å². The smallest absolute Gasteiger partial charge is 0.131 e. The quantitative estimate of drug-likeness (QED) is 0.215. The van der Waals surface area contributed by atoms with Crippen LogP contribution in [0.4, 0.5) is 11.4 Å². The summed E-state index contributed by atoms with van der Waals surface area (Å²) in [5.41, 5.74) is 29.0. The van der Waals surface area contributed by atoms with Crippen LogP contribution in [0.3, 0.4) is 0 Å². The largest absolute Gasteiger partial charge is 0.384 e. The first-order chi connectivity index (χ1) is 16.4. The van der Waals surface area contributed by atoms with Crippen LogP contribution in [0.1, 0.15) is 36.1 Å². The predicted octanol–water partition coefficient (Wildman–Crippen LogP) is 4.90. The number of nitrogens with zero attached hydrogens (tertiary/aromatic N) is 4. The van der Waals surface area contributed by atoms with E-state index < -0.39 is 0 Å². The van der Waals surface area contributed by atoms with Crippen molar-refractivity contribution in [2.75, 3.05) is 13.1 Å². The summed E-state index contributed by atoms with van der Waals surface area (Å²) in [5, 5.41) is 0. The van der Waals surface area contributed by atoms with Crippen LogP contribution in [0, 0.1) is 0 Å². The molecule has 0 unspecified atom stereocenters. The van der Waals surface area contributed by atoms with E-state index in [9.17, 15) is 0 Å². The molecule has 0 fully saturated rings. The van der Waals surface area contributed by atoms with Gasteiger partial charge in [-0.3, -0.25) is 9.98 Å². The fourth-order valence-corrected chi connectivity index (χ4v) is 3.16. The molecule has 0 amide bonds. The second kappa shape index (κ2) is 18.0. The van der Waals surface area contributed by atoms with Gasteiger partial charge in [0.05, 0.1) is 11.4 Å². The molecule has 0 aliphatic heterocycles. The number of aliphatic imine (C=N–C) groups is 4. The first kappa shape index (κ1) is 36.9. The first-order valence-electron chi connectivity index (χ1n) is 11.0. The molecule has 0 bridgehead atoms. The average molecular weight is 600 g/mol. The van der Waals surface area contributed by atoms with Crippen LogP contribution in [0.25, 0.3) is 0 Å². The highest BCUT2D eigenvalue weighted by Gasteiger charge is 2.04. The molecule has 8 nitrogen and oxygen atoms in total. The van der Waals surface area contributed by atoms with Crippen molar-refractivity contribution in [1.82, 2.24) is 0 Å². The van der Waals surface area contributed by atoms with Crippen molar-refractivity contribution >= 4 is 84.3 Å². The Morgan fingerprint density at radius 2 is 0.684 bits per heavy atom. The van der Waals surface area contributed by atoms with E-state index in [-0.39, 0.29) is 49.6 Å². The first-order valence-corrected chi connectivity index (χ1v) is 11.0. The third kappa shape index (κ3) is 10.2. The lowest BCUT2D eigenvalue weighted by molar-refractivity contribution is 1.12. The molecule has 0 heterocycles. The summed E-state index contributed by atoms with van der Waals surface area (Å²) in [5.74, 6) is 1.80. The Morgan fingerprint density at radius 1 is 0.447 bits per heavy atom. The Labute approximate surface area is 248 Å². The van der Waals surface area contributed by atoms with Crippen LogP contribution in [0.15, 0.2) is 92.8 Å². The maximum atomic E-state index is 6.20. The lowest BCUT2D eigenvalue weighted by Gasteiger charge is -2.06. The lowest BCUT2D eigenvalue weighted by atomic mass is 10.1. The van der Waals surface area contributed by atoms with E-state index in [0.29, 0.717) is 36.4 Å². The molecule has 0 radical (unpaired) electrons. The molecular weight excluding hydrogens is 566 g/mol. The molecule has 0 aromatic heterocycles. The lowest BCUT2D eigenvalue weighted by Crippen LogP contribution is -2.16. The van der Waals surface area contributed by atoms with Crippen molar-refractivity contribution in [3.05, 3.63) is 95.1 Å². The van der Waals surface area contributed by atoms with Gasteiger partial charge in [-0.25, -0.2) is 9.98 Å². The molecule has 3 rings (SSSR count). The Balaban J connectivity index is 0. The monoisotopic (exact) mass is 598 g/mol. The number of amidine groups is 4. The van der Waals surface area contributed by atoms with E-state index in [2.05, 4.69) is 20.0 Å². The molecule has 0 saturated heterocycles. The molecule has 0 aliphatic rings. The zero-order chi connectivity index (χ0) is 24.5. The van der Waals surface area contributed by atoms with Gasteiger partial charge in [-0.15, -0.1) is 49.6 Å². The Morgan fingerprint density at radius 3 is 0.947 bits per heavy atom. The van der Waals surface area contributed by atoms with E-state index in [1.165, 1.54) is 0 Å². The summed E-state index contributed by atoms with van der Waals surface area (Å²) in [6.07, 6.45) is 0. The molecule has 0 atom stereocenters. The van der Waals surface area contributed by atoms with Crippen LogP contribution >= 0.6 is 49.6 Å². The van der Waals surface area contributed by atoms with E-state index in [1.807, 2.05) is 86.6 Å². The molecule has 206 valence electrons. The van der Waals surface area contributed by atoms with Crippen LogP contribution < -0.4 is 22.9 Å². The molecule has 38 heavy (non-hydrogen) atoms. The van der Waals surface area contributed by atoms with Crippen molar-refractivity contribution in [2.24, 2.45) is 42.9 Å². The molecule has 3 aromatic carbocycles. The number of nitrogens with two attached hydrogens (primary N) is 4. The number of hydrogen-bond donors (Lipinski definition) is 4. The van der Waals surface area contributed by atoms with Gasteiger partial charge >= 0.3 is 0 Å². The topological polar surface area (TPSA) is 154 Å². The highest BCUT2D eigenvalue weighted by molar-refractivity contribution is 6.03. The van der Waals surface area contributed by atoms with Crippen LogP contribution in [0.5, 0.6) is 0 Å². The molecular formula is C26H34Cl4N8. The van der Waals surface area contributed by atoms with Gasteiger partial charge in [0, 0.05) is 35.3 Å². The van der Waals surface area contributed by atoms with Crippen molar-refractivity contribution in [1.29, 1.82) is 0 Å². The Hall–Kier alpha value is -3.30. The summed E-state index contributed by atoms with van der Waals surface area (Å²) in [6, 6.07) is 22.4. The number of hydrogen-bond acceptors (Lipinski definition) is 4. The molecule has 0 spiro atoms. The van der Waals surface area contributed by atoms with Crippen molar-refractivity contribution in [3.8, 4) is 0 Å². The number of benzene rings is 3. The minimum atomic E-state index is 0. The van der Waals surface area contributed by atoms with Gasteiger partial charge in [-0.1, -0.05) is 24.3 Å². The second-order valence-electron chi connectivity index (χ2n) is 7.38. The summed E-state index contributed by atoms with van der Waals surface area (Å²) in [7, 11) is 0. The summed E-state index contributed by atoms with van der Waals surface area (Å²) in [6.45, 7) is 5.16. The molecule has 8 N–H and O–H groups in total. The van der Waals surface area contributed by atoms with E-state index >= 15 is 0 Å². The Kier molecular flexibility index (Phi) is 17.5. The van der Waals surface area contributed by atoms with Gasteiger partial charge in [-0.2, -0.15) is 0 Å². The third-order valence-corrected chi connectivity index (χ3v) is 4.96. The standard InChI is InChI=1S/C26H30N8.4ClH/c1-3-31-23(27)17-9-13-21(14-10-17)33-25(29)19-5-7-20(8-6-19)26(30)34-22-15-11-18(12-16-22)24(28)32-4-2;;;;/h5-16H,3-4H2,1-2H3,(H2,27,31)(H2,28,32)(H2,29,33)(H2,30,34);4*1H. The van der Waals surface area contributed by atoms with Crippen LogP contribution in [-0.2, 0) is 0 Å². The molecule has 3 aromatic rings. The maximum Gasteiger partial charge on any atom is 0.131 e. The maximum absolute atomic E-state index is 6.20. The summed E-state index contributed by atoms with van der Waals surface area (Å²) < 4.78 is 0. The van der Waals surface area contributed by atoms with Crippen molar-refractivity contribution < 1.29 is 0 Å². The van der Waals surface area contributed by atoms with E-state index in [1.54, 1.807) is 0 Å². The molecule has 0 saturated carbocycles. The van der Waals surface area contributed by atoms with Crippen molar-refractivity contribution in [3.63, 3.8) is 0 Å². The normalized spacial score (nSPS) is 11.8. The number of halogens is 4. The highest BCUT2D eigenvalue weighted by atomic mass is 35.5. The fourth-order valence-electron chi connectivity index (χ4n) is 3.16. The summed E-state index contributed by atoms with van der Waals surface area (Å²) in [4.78, 5) is 17.4. The third-order valence-electron chi connectivity index (χ3n) is 4.96. The summed E-state index contributed by atoms with van der Waals surface area (Å²) >= 11 is 0. The van der Waals surface area contributed by atoms with Gasteiger partial charge in [0.1, 0.15) is 23.3 Å². The van der Waals surface area contributed by atoms with Crippen LogP contribution in [-0.4, -0.2) is 36.4 Å². The Bertz CT molecular complexity index is 1140. The SMILES string of the molecule is CCN=C(N)c1ccc(N=C(N)c2ccc(C(N)=Nc3ccc(C(N)=NCC)cc3)cc2)cc1.Cl.Cl.Cl.Cl. The van der Waals surface area contributed by atoms with Gasteiger partial charge in [-0.05, 0) is 62.4 Å². The molecule has 12 heteroatoms. The second-order valence-corrected chi connectivity index (χ2v) is 7.38. The number of rotatable bonds is 8.